The molecule has 8 heteroatoms. The van der Waals surface area contributed by atoms with E-state index in [2.05, 4.69) is 9.80 Å². The van der Waals surface area contributed by atoms with Crippen molar-refractivity contribution in [2.24, 2.45) is 0 Å². The highest BCUT2D eigenvalue weighted by atomic mass is 16.5. The quantitative estimate of drug-likeness (QED) is 0.674. The second-order valence-corrected chi connectivity index (χ2v) is 7.60. The van der Waals surface area contributed by atoms with Gasteiger partial charge in [0.2, 0.25) is 0 Å². The first-order valence-electron chi connectivity index (χ1n) is 11.0. The topological polar surface area (TPSA) is 72.9 Å². The summed E-state index contributed by atoms with van der Waals surface area (Å²) in [5.74, 6) is 1.38. The fraction of sp³-hybridized carbons (Fsp3) is 0.727. The third-order valence-electron chi connectivity index (χ3n) is 5.36. The lowest BCUT2D eigenvalue weighted by Crippen LogP contribution is -2.36. The van der Waals surface area contributed by atoms with Gasteiger partial charge in [-0.1, -0.05) is 6.07 Å². The van der Waals surface area contributed by atoms with Crippen LogP contribution in [0.3, 0.4) is 0 Å². The van der Waals surface area contributed by atoms with Crippen molar-refractivity contribution in [1.82, 2.24) is 9.80 Å². The zero-order valence-corrected chi connectivity index (χ0v) is 18.1. The number of fused-ring (bicyclic) bond motifs is 7. The standard InChI is InChI=1S/C22H36N2O6/c1-19(25)20-2-3-21-22(18-20)30-15-9-24-5-11-26-10-4-23(8-14-29-21)6-12-27-16-17-28-13-7-24/h2-3,18-19,25H,4-17H2,1H3. The number of ether oxygens (including phenoxy) is 5. The predicted octanol–water partition coefficient (Wildman–Crippen LogP) is 1.18. The maximum absolute atomic E-state index is 9.94. The van der Waals surface area contributed by atoms with Crippen LogP contribution < -0.4 is 9.47 Å². The summed E-state index contributed by atoms with van der Waals surface area (Å²) < 4.78 is 29.5. The van der Waals surface area contributed by atoms with Gasteiger partial charge < -0.3 is 28.8 Å². The third-order valence-corrected chi connectivity index (χ3v) is 5.36. The number of benzene rings is 1. The summed E-state index contributed by atoms with van der Waals surface area (Å²) in [7, 11) is 0. The normalized spacial score (nSPS) is 26.5. The zero-order valence-electron chi connectivity index (χ0n) is 18.1. The lowest BCUT2D eigenvalue weighted by molar-refractivity contribution is 0.0299. The number of aliphatic hydroxyl groups excluding tert-OH is 1. The molecule has 1 N–H and O–H groups in total. The van der Waals surface area contributed by atoms with Gasteiger partial charge in [0.1, 0.15) is 13.2 Å². The van der Waals surface area contributed by atoms with Gasteiger partial charge in [0.25, 0.3) is 0 Å². The maximum Gasteiger partial charge on any atom is 0.161 e. The number of rotatable bonds is 1. The molecule has 3 rings (SSSR count). The summed E-state index contributed by atoms with van der Waals surface area (Å²) in [5, 5.41) is 9.94. The molecule has 8 nitrogen and oxygen atoms in total. The molecule has 1 fully saturated rings. The number of aliphatic hydroxyl groups is 1. The first-order valence-corrected chi connectivity index (χ1v) is 11.0. The summed E-state index contributed by atoms with van der Waals surface area (Å²) >= 11 is 0. The Morgan fingerprint density at radius 1 is 0.667 bits per heavy atom. The SMILES string of the molecule is CC(O)c1ccc2c(c1)OCCN1CCOCCOCCN(CCOCC1)CCO2. The van der Waals surface area contributed by atoms with E-state index in [1.165, 1.54) is 0 Å². The van der Waals surface area contributed by atoms with Crippen molar-refractivity contribution in [3.05, 3.63) is 23.8 Å². The van der Waals surface area contributed by atoms with E-state index in [-0.39, 0.29) is 0 Å². The molecule has 3 unspecified atom stereocenters. The van der Waals surface area contributed by atoms with E-state index >= 15 is 0 Å². The zero-order chi connectivity index (χ0) is 21.0. The fourth-order valence-corrected chi connectivity index (χ4v) is 3.46. The molecular weight excluding hydrogens is 388 g/mol. The Balaban J connectivity index is 1.75. The Kier molecular flexibility index (Phi) is 10.1. The highest BCUT2D eigenvalue weighted by molar-refractivity contribution is 5.43. The minimum atomic E-state index is -0.553. The molecule has 0 radical (unpaired) electrons. The van der Waals surface area contributed by atoms with Crippen LogP contribution >= 0.6 is 0 Å². The van der Waals surface area contributed by atoms with Gasteiger partial charge >= 0.3 is 0 Å². The molecule has 0 amide bonds. The summed E-state index contributed by atoms with van der Waals surface area (Å²) in [6.45, 7) is 11.6. The van der Waals surface area contributed by atoms with Crippen LogP contribution in [0.15, 0.2) is 18.2 Å². The molecule has 30 heavy (non-hydrogen) atoms. The van der Waals surface area contributed by atoms with Crippen LogP contribution in [0.25, 0.3) is 0 Å². The van der Waals surface area contributed by atoms with Crippen LogP contribution in [0, 0.1) is 0 Å². The van der Waals surface area contributed by atoms with Crippen LogP contribution in [-0.4, -0.2) is 107 Å². The average molecular weight is 425 g/mol. The third kappa shape index (κ3) is 8.02. The summed E-state index contributed by atoms with van der Waals surface area (Å²) in [6.07, 6.45) is -0.553. The summed E-state index contributed by atoms with van der Waals surface area (Å²) in [4.78, 5) is 4.58. The molecule has 1 aromatic rings. The van der Waals surface area contributed by atoms with E-state index in [1.807, 2.05) is 18.2 Å². The van der Waals surface area contributed by atoms with E-state index < -0.39 is 6.10 Å². The molecule has 3 atom stereocenters. The first-order chi connectivity index (χ1) is 14.7. The second kappa shape index (κ2) is 13.1. The molecule has 1 aromatic carbocycles. The Morgan fingerprint density at radius 3 is 1.67 bits per heavy atom. The Bertz CT molecular complexity index is 615. The Labute approximate surface area is 179 Å². The smallest absolute Gasteiger partial charge is 0.161 e. The molecule has 0 aliphatic carbocycles. The first kappa shape index (κ1) is 23.2. The molecule has 0 aromatic heterocycles. The van der Waals surface area contributed by atoms with Gasteiger partial charge in [0, 0.05) is 39.3 Å². The number of nitrogens with zero attached hydrogens (tertiary/aromatic N) is 2. The van der Waals surface area contributed by atoms with Crippen molar-refractivity contribution in [3.8, 4) is 11.5 Å². The minimum absolute atomic E-state index is 0.523. The lowest BCUT2D eigenvalue weighted by atomic mass is 10.1. The molecule has 2 heterocycles. The van der Waals surface area contributed by atoms with Crippen molar-refractivity contribution >= 4 is 0 Å². The molecule has 2 aliphatic rings. The molecular formula is C22H36N2O6. The minimum Gasteiger partial charge on any atom is -0.488 e. The van der Waals surface area contributed by atoms with E-state index in [0.29, 0.717) is 64.4 Å². The van der Waals surface area contributed by atoms with Crippen molar-refractivity contribution in [3.63, 3.8) is 0 Å². The highest BCUT2D eigenvalue weighted by Crippen LogP contribution is 2.30. The van der Waals surface area contributed by atoms with Gasteiger partial charge in [-0.25, -0.2) is 0 Å². The van der Waals surface area contributed by atoms with Gasteiger partial charge in [0.15, 0.2) is 11.5 Å². The molecule has 1 saturated heterocycles. The van der Waals surface area contributed by atoms with E-state index in [4.69, 9.17) is 23.7 Å². The number of hydrogen-bond donors (Lipinski definition) is 1. The van der Waals surface area contributed by atoms with Crippen molar-refractivity contribution in [2.45, 2.75) is 13.0 Å². The molecule has 0 spiro atoms. The van der Waals surface area contributed by atoms with Gasteiger partial charge in [-0.2, -0.15) is 0 Å². The van der Waals surface area contributed by atoms with Gasteiger partial charge in [-0.05, 0) is 24.6 Å². The summed E-state index contributed by atoms with van der Waals surface area (Å²) in [6, 6.07) is 5.64. The molecule has 2 bridgehead atoms. The van der Waals surface area contributed by atoms with Gasteiger partial charge in [-0.15, -0.1) is 0 Å². The molecule has 0 saturated carbocycles. The maximum atomic E-state index is 9.94. The van der Waals surface area contributed by atoms with Crippen molar-refractivity contribution in [2.75, 3.05) is 92.1 Å². The molecule has 170 valence electrons. The monoisotopic (exact) mass is 424 g/mol. The van der Waals surface area contributed by atoms with Crippen molar-refractivity contribution < 1.29 is 28.8 Å². The average Bonchev–Trinajstić information content (AvgIpc) is 2.75. The van der Waals surface area contributed by atoms with Crippen molar-refractivity contribution in [1.29, 1.82) is 0 Å². The van der Waals surface area contributed by atoms with E-state index in [9.17, 15) is 5.11 Å². The Hall–Kier alpha value is -1.42. The van der Waals surface area contributed by atoms with E-state index in [0.717, 1.165) is 44.8 Å². The van der Waals surface area contributed by atoms with Crippen LogP contribution in [0.2, 0.25) is 0 Å². The van der Waals surface area contributed by atoms with Gasteiger partial charge in [0.05, 0.1) is 45.7 Å². The summed E-state index contributed by atoms with van der Waals surface area (Å²) in [5.41, 5.74) is 0.815. The van der Waals surface area contributed by atoms with E-state index in [1.54, 1.807) is 6.92 Å². The second-order valence-electron chi connectivity index (χ2n) is 7.60. The predicted molar refractivity (Wildman–Crippen MR) is 113 cm³/mol. The fourth-order valence-electron chi connectivity index (χ4n) is 3.46. The Morgan fingerprint density at radius 2 is 1.13 bits per heavy atom. The number of hydrogen-bond acceptors (Lipinski definition) is 8. The van der Waals surface area contributed by atoms with Crippen LogP contribution in [0.1, 0.15) is 18.6 Å². The van der Waals surface area contributed by atoms with Crippen LogP contribution in [-0.2, 0) is 14.2 Å². The lowest BCUT2D eigenvalue weighted by Gasteiger charge is -2.23. The van der Waals surface area contributed by atoms with Crippen LogP contribution in [0.4, 0.5) is 0 Å². The largest absolute Gasteiger partial charge is 0.488 e. The van der Waals surface area contributed by atoms with Gasteiger partial charge in [-0.3, -0.25) is 9.80 Å². The van der Waals surface area contributed by atoms with Crippen LogP contribution in [0.5, 0.6) is 11.5 Å². The highest BCUT2D eigenvalue weighted by Gasteiger charge is 2.14. The molecule has 2 aliphatic heterocycles.